The topological polar surface area (TPSA) is 64.3 Å². The molecule has 0 spiro atoms. The maximum Gasteiger partial charge on any atom is 0.341 e. The van der Waals surface area contributed by atoms with Crippen LogP contribution in [-0.2, 0) is 4.74 Å². The van der Waals surface area contributed by atoms with Crippen LogP contribution in [0.5, 0.6) is 0 Å². The summed E-state index contributed by atoms with van der Waals surface area (Å²) in [5, 5.41) is 14.3. The molecule has 2 unspecified atom stereocenters. The second-order valence-corrected chi connectivity index (χ2v) is 4.73. The molecule has 1 N–H and O–H groups in total. The Morgan fingerprint density at radius 3 is 2.94 bits per heavy atom. The Morgan fingerprint density at radius 2 is 2.28 bits per heavy atom. The maximum atomic E-state index is 11.7. The molecule has 0 aromatic carbocycles. The van der Waals surface area contributed by atoms with Crippen molar-refractivity contribution < 1.29 is 14.6 Å². The molecule has 0 saturated heterocycles. The first-order valence-corrected chi connectivity index (χ1v) is 6.54. The Hall–Kier alpha value is -1.36. The lowest BCUT2D eigenvalue weighted by atomic mass is 9.92. The van der Waals surface area contributed by atoms with E-state index in [0.29, 0.717) is 12.2 Å². The molecule has 5 heteroatoms. The zero-order valence-electron chi connectivity index (χ0n) is 10.9. The van der Waals surface area contributed by atoms with Gasteiger partial charge in [-0.15, -0.1) is 0 Å². The lowest BCUT2D eigenvalue weighted by Gasteiger charge is -2.28. The number of carbonyl (C=O) groups is 1. The molecule has 1 fully saturated rings. The number of hydrogen-bond donors (Lipinski definition) is 1. The van der Waals surface area contributed by atoms with Crippen LogP contribution in [0.25, 0.3) is 0 Å². The third-order valence-electron chi connectivity index (χ3n) is 3.55. The molecule has 1 aliphatic carbocycles. The van der Waals surface area contributed by atoms with Gasteiger partial charge in [0.2, 0.25) is 0 Å². The molecule has 2 rings (SSSR count). The quantitative estimate of drug-likeness (QED) is 0.834. The number of carbonyl (C=O) groups excluding carboxylic acids is 1. The van der Waals surface area contributed by atoms with Gasteiger partial charge in [0, 0.05) is 0 Å². The number of hydrogen-bond acceptors (Lipinski definition) is 4. The predicted molar refractivity (Wildman–Crippen MR) is 66.4 cm³/mol. The molecule has 1 aliphatic rings. The van der Waals surface area contributed by atoms with E-state index in [4.69, 9.17) is 4.74 Å². The fourth-order valence-electron chi connectivity index (χ4n) is 2.54. The van der Waals surface area contributed by atoms with E-state index in [1.165, 1.54) is 6.20 Å². The number of esters is 1. The second kappa shape index (κ2) is 5.52. The fraction of sp³-hybridized carbons (Fsp3) is 0.692. The minimum atomic E-state index is -0.368. The molecule has 18 heavy (non-hydrogen) atoms. The van der Waals surface area contributed by atoms with E-state index in [0.717, 1.165) is 31.4 Å². The summed E-state index contributed by atoms with van der Waals surface area (Å²) in [7, 11) is 0. The Labute approximate surface area is 107 Å². The van der Waals surface area contributed by atoms with Gasteiger partial charge in [-0.2, -0.15) is 5.10 Å². The zero-order chi connectivity index (χ0) is 13.1. The third kappa shape index (κ3) is 2.41. The molecule has 100 valence electrons. The first-order chi connectivity index (χ1) is 8.65. The van der Waals surface area contributed by atoms with Crippen LogP contribution in [0, 0.1) is 6.92 Å². The van der Waals surface area contributed by atoms with E-state index in [1.807, 2.05) is 6.92 Å². The van der Waals surface area contributed by atoms with Crippen molar-refractivity contribution in [3.63, 3.8) is 0 Å². The lowest BCUT2D eigenvalue weighted by Crippen LogP contribution is -2.29. The van der Waals surface area contributed by atoms with Crippen LogP contribution < -0.4 is 0 Å². The minimum absolute atomic E-state index is 0.0121. The number of aliphatic hydroxyl groups excluding tert-OH is 1. The minimum Gasteiger partial charge on any atom is -0.462 e. The van der Waals surface area contributed by atoms with E-state index >= 15 is 0 Å². The molecule has 1 aromatic heterocycles. The van der Waals surface area contributed by atoms with Crippen molar-refractivity contribution in [3.8, 4) is 0 Å². The van der Waals surface area contributed by atoms with Gasteiger partial charge in [-0.3, -0.25) is 4.68 Å². The van der Waals surface area contributed by atoms with Crippen molar-refractivity contribution in [1.29, 1.82) is 0 Å². The van der Waals surface area contributed by atoms with Crippen LogP contribution in [0.4, 0.5) is 0 Å². The summed E-state index contributed by atoms with van der Waals surface area (Å²) < 4.78 is 6.76. The molecule has 1 saturated carbocycles. The van der Waals surface area contributed by atoms with Crippen LogP contribution in [0.1, 0.15) is 54.7 Å². The molecular weight excluding hydrogens is 232 g/mol. The summed E-state index contributed by atoms with van der Waals surface area (Å²) in [6.45, 7) is 3.98. The standard InChI is InChI=1S/C13H20N2O3/c1-3-18-13(17)10-8-14-15(9(10)2)11-6-4-5-7-12(11)16/h8,11-12,16H,3-7H2,1-2H3. The van der Waals surface area contributed by atoms with Crippen LogP contribution in [0.2, 0.25) is 0 Å². The summed E-state index contributed by atoms with van der Waals surface area (Å²) >= 11 is 0. The normalized spacial score (nSPS) is 23.9. The Bertz CT molecular complexity index is 428. The molecule has 0 radical (unpaired) electrons. The molecule has 1 heterocycles. The van der Waals surface area contributed by atoms with Gasteiger partial charge < -0.3 is 9.84 Å². The number of ether oxygens (including phenoxy) is 1. The number of aliphatic hydroxyl groups is 1. The van der Waals surface area contributed by atoms with Crippen LogP contribution in [0.15, 0.2) is 6.20 Å². The Morgan fingerprint density at radius 1 is 1.56 bits per heavy atom. The van der Waals surface area contributed by atoms with Crippen molar-refractivity contribution >= 4 is 5.97 Å². The maximum absolute atomic E-state index is 11.7. The first-order valence-electron chi connectivity index (χ1n) is 6.54. The van der Waals surface area contributed by atoms with Gasteiger partial charge in [0.1, 0.15) is 5.56 Å². The second-order valence-electron chi connectivity index (χ2n) is 4.73. The average molecular weight is 252 g/mol. The van der Waals surface area contributed by atoms with Gasteiger partial charge in [0.15, 0.2) is 0 Å². The largest absolute Gasteiger partial charge is 0.462 e. The molecule has 5 nitrogen and oxygen atoms in total. The highest BCUT2D eigenvalue weighted by Gasteiger charge is 2.28. The van der Waals surface area contributed by atoms with Gasteiger partial charge in [-0.1, -0.05) is 12.8 Å². The summed E-state index contributed by atoms with van der Waals surface area (Å²) in [5.41, 5.74) is 1.27. The van der Waals surface area contributed by atoms with Gasteiger partial charge >= 0.3 is 5.97 Å². The van der Waals surface area contributed by atoms with E-state index in [1.54, 1.807) is 11.6 Å². The summed E-state index contributed by atoms with van der Waals surface area (Å²) in [5.74, 6) is -0.341. The lowest BCUT2D eigenvalue weighted by molar-refractivity contribution is 0.0521. The molecule has 2 atom stereocenters. The number of aromatic nitrogens is 2. The van der Waals surface area contributed by atoms with Crippen molar-refractivity contribution in [1.82, 2.24) is 9.78 Å². The van der Waals surface area contributed by atoms with E-state index in [-0.39, 0.29) is 18.1 Å². The Balaban J connectivity index is 2.22. The van der Waals surface area contributed by atoms with Crippen molar-refractivity contribution in [2.45, 2.75) is 51.7 Å². The average Bonchev–Trinajstić information content (AvgIpc) is 2.72. The summed E-state index contributed by atoms with van der Waals surface area (Å²) in [6.07, 6.45) is 5.03. The van der Waals surface area contributed by atoms with Gasteiger partial charge in [0.05, 0.1) is 30.6 Å². The zero-order valence-corrected chi connectivity index (χ0v) is 10.9. The smallest absolute Gasteiger partial charge is 0.341 e. The van der Waals surface area contributed by atoms with Crippen molar-refractivity contribution in [2.75, 3.05) is 6.61 Å². The third-order valence-corrected chi connectivity index (χ3v) is 3.55. The highest BCUT2D eigenvalue weighted by molar-refractivity contribution is 5.90. The highest BCUT2D eigenvalue weighted by Crippen LogP contribution is 2.29. The molecular formula is C13H20N2O3. The van der Waals surface area contributed by atoms with E-state index in [2.05, 4.69) is 5.10 Å². The monoisotopic (exact) mass is 252 g/mol. The first kappa shape index (κ1) is 13.1. The van der Waals surface area contributed by atoms with Crippen molar-refractivity contribution in [3.05, 3.63) is 17.5 Å². The molecule has 1 aromatic rings. The molecule has 0 amide bonds. The summed E-state index contributed by atoms with van der Waals surface area (Å²) in [6, 6.07) is -0.0121. The van der Waals surface area contributed by atoms with Crippen LogP contribution in [0.3, 0.4) is 0 Å². The number of nitrogens with zero attached hydrogens (tertiary/aromatic N) is 2. The van der Waals surface area contributed by atoms with Crippen molar-refractivity contribution in [2.24, 2.45) is 0 Å². The summed E-state index contributed by atoms with van der Waals surface area (Å²) in [4.78, 5) is 11.7. The van der Waals surface area contributed by atoms with E-state index < -0.39 is 0 Å². The van der Waals surface area contributed by atoms with Crippen LogP contribution in [-0.4, -0.2) is 33.6 Å². The van der Waals surface area contributed by atoms with Crippen LogP contribution >= 0.6 is 0 Å². The molecule has 0 bridgehead atoms. The van der Waals surface area contributed by atoms with Gasteiger partial charge in [0.25, 0.3) is 0 Å². The van der Waals surface area contributed by atoms with Gasteiger partial charge in [-0.05, 0) is 26.7 Å². The van der Waals surface area contributed by atoms with E-state index in [9.17, 15) is 9.90 Å². The highest BCUT2D eigenvalue weighted by atomic mass is 16.5. The number of rotatable bonds is 3. The fourth-order valence-corrected chi connectivity index (χ4v) is 2.54. The predicted octanol–water partition coefficient (Wildman–Crippen LogP) is 1.84. The SMILES string of the molecule is CCOC(=O)c1cnn(C2CCCCC2O)c1C. The van der Waals surface area contributed by atoms with Gasteiger partial charge in [-0.25, -0.2) is 4.79 Å². The molecule has 0 aliphatic heterocycles. The Kier molecular flexibility index (Phi) is 4.01.